The van der Waals surface area contributed by atoms with Crippen molar-refractivity contribution in [1.82, 2.24) is 5.01 Å². The predicted octanol–water partition coefficient (Wildman–Crippen LogP) is 5.08. The van der Waals surface area contributed by atoms with Crippen molar-refractivity contribution in [3.05, 3.63) is 94.0 Å². The highest BCUT2D eigenvalue weighted by molar-refractivity contribution is 9.10. The van der Waals surface area contributed by atoms with Gasteiger partial charge in [-0.25, -0.2) is 5.01 Å². The monoisotopic (exact) mass is 505 g/mol. The summed E-state index contributed by atoms with van der Waals surface area (Å²) in [4.78, 5) is 26.2. The van der Waals surface area contributed by atoms with Crippen LogP contribution in [0.3, 0.4) is 0 Å². The molecule has 0 aliphatic carbocycles. The third kappa shape index (κ3) is 5.31. The van der Waals surface area contributed by atoms with Gasteiger partial charge in [-0.15, -0.1) is 0 Å². The van der Waals surface area contributed by atoms with Gasteiger partial charge in [-0.3, -0.25) is 9.59 Å². The van der Waals surface area contributed by atoms with Gasteiger partial charge in [0, 0.05) is 36.2 Å². The molecule has 7 heteroatoms. The number of nitrogens with zero attached hydrogens (tertiary/aromatic N) is 3. The van der Waals surface area contributed by atoms with Crippen molar-refractivity contribution >= 4 is 39.5 Å². The molecule has 3 aromatic rings. The van der Waals surface area contributed by atoms with Crippen molar-refractivity contribution in [3.63, 3.8) is 0 Å². The molecule has 0 saturated carbocycles. The summed E-state index contributed by atoms with van der Waals surface area (Å²) in [6.45, 7) is -0.175. The fourth-order valence-corrected chi connectivity index (χ4v) is 3.96. The number of ether oxygens (including phenoxy) is 1. The fraction of sp³-hybridized carbons (Fsp3) is 0.192. The molecule has 1 heterocycles. The normalized spacial score (nSPS) is 15.2. The number of carbonyl (C=O) groups excluding carboxylic acids is 2. The third-order valence-electron chi connectivity index (χ3n) is 5.49. The standard InChI is InChI=1S/C26H24BrN3O3/c1-29(2)22-12-8-20(9-13-22)25-15-24(19-6-10-21(27)11-7-19)28-30(25)26(32)17-33-23-5-3-4-18(14-23)16-31/h3-14,16,25H,15,17H2,1-2H3. The van der Waals surface area contributed by atoms with Crippen molar-refractivity contribution < 1.29 is 14.3 Å². The fourth-order valence-electron chi connectivity index (χ4n) is 3.70. The molecule has 0 aromatic heterocycles. The van der Waals surface area contributed by atoms with E-state index in [0.717, 1.165) is 33.3 Å². The van der Waals surface area contributed by atoms with E-state index in [9.17, 15) is 9.59 Å². The molecule has 4 rings (SSSR count). The summed E-state index contributed by atoms with van der Waals surface area (Å²) in [5, 5.41) is 6.21. The van der Waals surface area contributed by atoms with Gasteiger partial charge < -0.3 is 9.64 Å². The number of halogens is 1. The topological polar surface area (TPSA) is 62.2 Å². The number of hydrogen-bond acceptors (Lipinski definition) is 5. The molecule has 0 spiro atoms. The number of hydrogen-bond donors (Lipinski definition) is 0. The van der Waals surface area contributed by atoms with Crippen molar-refractivity contribution in [2.45, 2.75) is 12.5 Å². The van der Waals surface area contributed by atoms with Crippen LogP contribution in [0.5, 0.6) is 5.75 Å². The smallest absolute Gasteiger partial charge is 0.281 e. The Hall–Kier alpha value is -3.45. The first-order valence-corrected chi connectivity index (χ1v) is 11.3. The summed E-state index contributed by atoms with van der Waals surface area (Å²) in [5.41, 5.74) is 4.41. The average molecular weight is 506 g/mol. The van der Waals surface area contributed by atoms with Crippen LogP contribution in [0.2, 0.25) is 0 Å². The Labute approximate surface area is 201 Å². The molecule has 3 aromatic carbocycles. The third-order valence-corrected chi connectivity index (χ3v) is 6.02. The number of hydrazone groups is 1. The van der Waals surface area contributed by atoms with Crippen molar-refractivity contribution in [3.8, 4) is 5.75 Å². The van der Waals surface area contributed by atoms with Crippen LogP contribution in [0.15, 0.2) is 82.4 Å². The Morgan fingerprint density at radius 1 is 1.12 bits per heavy atom. The van der Waals surface area contributed by atoms with Crippen LogP contribution in [-0.4, -0.2) is 43.6 Å². The van der Waals surface area contributed by atoms with E-state index < -0.39 is 0 Å². The zero-order chi connectivity index (χ0) is 23.4. The van der Waals surface area contributed by atoms with E-state index in [1.54, 1.807) is 24.3 Å². The average Bonchev–Trinajstić information content (AvgIpc) is 3.29. The van der Waals surface area contributed by atoms with Gasteiger partial charge in [0.25, 0.3) is 5.91 Å². The first-order valence-electron chi connectivity index (χ1n) is 10.6. The summed E-state index contributed by atoms with van der Waals surface area (Å²) >= 11 is 3.46. The number of carbonyl (C=O) groups is 2. The number of aldehydes is 1. The van der Waals surface area contributed by atoms with Gasteiger partial charge in [0.15, 0.2) is 6.61 Å². The van der Waals surface area contributed by atoms with Crippen LogP contribution in [-0.2, 0) is 4.79 Å². The van der Waals surface area contributed by atoms with Crippen molar-refractivity contribution in [2.75, 3.05) is 25.6 Å². The van der Waals surface area contributed by atoms with Gasteiger partial charge in [-0.05, 0) is 47.5 Å². The number of anilines is 1. The first-order chi connectivity index (χ1) is 15.9. The second kappa shape index (κ2) is 10.0. The molecule has 0 radical (unpaired) electrons. The second-order valence-electron chi connectivity index (χ2n) is 7.98. The number of amides is 1. The van der Waals surface area contributed by atoms with Gasteiger partial charge in [-0.2, -0.15) is 5.10 Å². The SMILES string of the molecule is CN(C)c1ccc(C2CC(c3ccc(Br)cc3)=NN2C(=O)COc2cccc(C=O)c2)cc1. The van der Waals surface area contributed by atoms with Crippen LogP contribution >= 0.6 is 15.9 Å². The summed E-state index contributed by atoms with van der Waals surface area (Å²) in [6, 6.07) is 22.6. The molecule has 1 aliphatic rings. The molecule has 1 amide bonds. The zero-order valence-corrected chi connectivity index (χ0v) is 20.0. The first kappa shape index (κ1) is 22.7. The lowest BCUT2D eigenvalue weighted by Crippen LogP contribution is -2.31. The van der Waals surface area contributed by atoms with Gasteiger partial charge in [0.2, 0.25) is 0 Å². The van der Waals surface area contributed by atoms with E-state index >= 15 is 0 Å². The molecule has 6 nitrogen and oxygen atoms in total. The molecule has 0 fully saturated rings. The molecule has 0 bridgehead atoms. The van der Waals surface area contributed by atoms with Crippen LogP contribution in [0.4, 0.5) is 5.69 Å². The highest BCUT2D eigenvalue weighted by atomic mass is 79.9. The van der Waals surface area contributed by atoms with Crippen molar-refractivity contribution in [1.29, 1.82) is 0 Å². The summed E-state index contributed by atoms with van der Waals surface area (Å²) in [5.74, 6) is 0.219. The minimum absolute atomic E-state index is 0.175. The maximum absolute atomic E-state index is 13.2. The summed E-state index contributed by atoms with van der Waals surface area (Å²) in [7, 11) is 3.98. The van der Waals surface area contributed by atoms with E-state index in [1.165, 1.54) is 5.01 Å². The molecule has 1 atom stereocenters. The summed E-state index contributed by atoms with van der Waals surface area (Å²) in [6.07, 6.45) is 1.35. The van der Waals surface area contributed by atoms with E-state index in [0.29, 0.717) is 17.7 Å². The summed E-state index contributed by atoms with van der Waals surface area (Å²) < 4.78 is 6.67. The Balaban J connectivity index is 1.58. The minimum Gasteiger partial charge on any atom is -0.484 e. The molecule has 1 unspecified atom stereocenters. The predicted molar refractivity (Wildman–Crippen MR) is 133 cm³/mol. The Morgan fingerprint density at radius 2 is 1.85 bits per heavy atom. The van der Waals surface area contributed by atoms with E-state index in [2.05, 4.69) is 21.0 Å². The van der Waals surface area contributed by atoms with E-state index in [4.69, 9.17) is 4.74 Å². The Morgan fingerprint density at radius 3 is 2.52 bits per heavy atom. The molecule has 33 heavy (non-hydrogen) atoms. The Kier molecular flexibility index (Phi) is 6.89. The minimum atomic E-state index is -0.250. The van der Waals surface area contributed by atoms with E-state index in [1.807, 2.05) is 67.5 Å². The van der Waals surface area contributed by atoms with Gasteiger partial charge in [-0.1, -0.05) is 52.3 Å². The van der Waals surface area contributed by atoms with Gasteiger partial charge >= 0.3 is 0 Å². The largest absolute Gasteiger partial charge is 0.484 e. The highest BCUT2D eigenvalue weighted by Crippen LogP contribution is 2.34. The lowest BCUT2D eigenvalue weighted by molar-refractivity contribution is -0.135. The van der Waals surface area contributed by atoms with Crippen LogP contribution < -0.4 is 9.64 Å². The molecule has 0 saturated heterocycles. The van der Waals surface area contributed by atoms with Crippen molar-refractivity contribution in [2.24, 2.45) is 5.10 Å². The molecular weight excluding hydrogens is 482 g/mol. The van der Waals surface area contributed by atoms with Crippen LogP contribution in [0.25, 0.3) is 0 Å². The van der Waals surface area contributed by atoms with Gasteiger partial charge in [0.1, 0.15) is 12.0 Å². The lowest BCUT2D eigenvalue weighted by Gasteiger charge is -2.23. The van der Waals surface area contributed by atoms with Crippen LogP contribution in [0, 0.1) is 0 Å². The Bertz CT molecular complexity index is 1170. The number of rotatable bonds is 7. The maximum atomic E-state index is 13.2. The van der Waals surface area contributed by atoms with Crippen LogP contribution in [0.1, 0.15) is 33.9 Å². The molecular formula is C26H24BrN3O3. The molecule has 0 N–H and O–H groups in total. The highest BCUT2D eigenvalue weighted by Gasteiger charge is 2.33. The van der Waals surface area contributed by atoms with E-state index in [-0.39, 0.29) is 18.6 Å². The maximum Gasteiger partial charge on any atom is 0.281 e. The second-order valence-corrected chi connectivity index (χ2v) is 8.89. The quantitative estimate of drug-likeness (QED) is 0.419. The van der Waals surface area contributed by atoms with Gasteiger partial charge in [0.05, 0.1) is 11.8 Å². The molecule has 1 aliphatic heterocycles. The number of benzene rings is 3. The molecule has 168 valence electrons. The lowest BCUT2D eigenvalue weighted by atomic mass is 9.98. The zero-order valence-electron chi connectivity index (χ0n) is 18.4.